The lowest BCUT2D eigenvalue weighted by Crippen LogP contribution is -2.41. The highest BCUT2D eigenvalue weighted by Gasteiger charge is 2.26. The number of carbonyl (C=O) groups is 1. The smallest absolute Gasteiger partial charge is 0.266 e. The average molecular weight is 326 g/mol. The molecule has 1 aromatic carbocycles. The summed E-state index contributed by atoms with van der Waals surface area (Å²) in [6, 6.07) is 7.57. The van der Waals surface area contributed by atoms with Crippen molar-refractivity contribution in [2.45, 2.75) is 26.7 Å². The van der Waals surface area contributed by atoms with Gasteiger partial charge in [-0.15, -0.1) is 0 Å². The fourth-order valence-electron chi connectivity index (χ4n) is 3.07. The van der Waals surface area contributed by atoms with Crippen LogP contribution in [0.3, 0.4) is 0 Å². The molecule has 6 heteroatoms. The standard InChI is InChI=1S/C18H22N4O2/c1-12-5-6-13(2)16(8-12)20-18(24)14-4-3-7-22(11-14)15-9-17(23)21-19-10-15/h5-6,8-10,14H,3-4,7,11H2,1-2H3,(H,20,24)(H,21,23)/t14-/m0/s1. The Kier molecular flexibility index (Phi) is 4.64. The average Bonchev–Trinajstić information content (AvgIpc) is 2.58. The molecule has 0 radical (unpaired) electrons. The third-order valence-electron chi connectivity index (χ3n) is 4.46. The van der Waals surface area contributed by atoms with E-state index in [0.717, 1.165) is 41.9 Å². The molecule has 1 saturated heterocycles. The van der Waals surface area contributed by atoms with Gasteiger partial charge in [-0.1, -0.05) is 12.1 Å². The van der Waals surface area contributed by atoms with Crippen LogP contribution in [-0.2, 0) is 4.79 Å². The number of piperidine rings is 1. The van der Waals surface area contributed by atoms with Crippen LogP contribution >= 0.6 is 0 Å². The van der Waals surface area contributed by atoms with Gasteiger partial charge in [-0.3, -0.25) is 9.59 Å². The first-order valence-corrected chi connectivity index (χ1v) is 8.21. The van der Waals surface area contributed by atoms with Crippen molar-refractivity contribution in [2.24, 2.45) is 5.92 Å². The molecule has 0 aliphatic carbocycles. The molecule has 2 N–H and O–H groups in total. The molecule has 1 amide bonds. The van der Waals surface area contributed by atoms with E-state index in [9.17, 15) is 9.59 Å². The Morgan fingerprint density at radius 3 is 2.96 bits per heavy atom. The largest absolute Gasteiger partial charge is 0.369 e. The Balaban J connectivity index is 1.71. The zero-order valence-corrected chi connectivity index (χ0v) is 14.0. The lowest BCUT2D eigenvalue weighted by Gasteiger charge is -2.33. The molecule has 1 aromatic heterocycles. The topological polar surface area (TPSA) is 78.1 Å². The summed E-state index contributed by atoms with van der Waals surface area (Å²) >= 11 is 0. The number of aromatic amines is 1. The Morgan fingerprint density at radius 2 is 2.17 bits per heavy atom. The van der Waals surface area contributed by atoms with Gasteiger partial charge in [-0.25, -0.2) is 5.10 Å². The first-order valence-electron chi connectivity index (χ1n) is 8.21. The van der Waals surface area contributed by atoms with Crippen molar-refractivity contribution in [1.29, 1.82) is 0 Å². The maximum Gasteiger partial charge on any atom is 0.266 e. The summed E-state index contributed by atoms with van der Waals surface area (Å²) in [5, 5.41) is 9.27. The predicted octanol–water partition coefficient (Wildman–Crippen LogP) is 2.24. The van der Waals surface area contributed by atoms with Crippen molar-refractivity contribution >= 4 is 17.3 Å². The molecule has 1 aliphatic heterocycles. The molecule has 1 atom stereocenters. The van der Waals surface area contributed by atoms with Crippen LogP contribution in [0.15, 0.2) is 35.3 Å². The van der Waals surface area contributed by atoms with Crippen LogP contribution in [0.1, 0.15) is 24.0 Å². The van der Waals surface area contributed by atoms with Gasteiger partial charge in [0, 0.05) is 24.8 Å². The van der Waals surface area contributed by atoms with Gasteiger partial charge >= 0.3 is 0 Å². The van der Waals surface area contributed by atoms with Crippen LogP contribution in [0, 0.1) is 19.8 Å². The molecule has 0 spiro atoms. The monoisotopic (exact) mass is 326 g/mol. The van der Waals surface area contributed by atoms with E-state index in [1.165, 1.54) is 6.07 Å². The second-order valence-electron chi connectivity index (χ2n) is 6.40. The van der Waals surface area contributed by atoms with Crippen molar-refractivity contribution in [2.75, 3.05) is 23.3 Å². The summed E-state index contributed by atoms with van der Waals surface area (Å²) in [5.74, 6) is -0.0656. The second kappa shape index (κ2) is 6.86. The summed E-state index contributed by atoms with van der Waals surface area (Å²) in [6.45, 7) is 5.43. The van der Waals surface area contributed by atoms with Gasteiger partial charge in [0.1, 0.15) is 0 Å². The number of aromatic nitrogens is 2. The fourth-order valence-corrected chi connectivity index (χ4v) is 3.07. The van der Waals surface area contributed by atoms with E-state index in [1.807, 2.05) is 32.0 Å². The molecule has 2 heterocycles. The molecule has 0 bridgehead atoms. The minimum Gasteiger partial charge on any atom is -0.369 e. The molecule has 126 valence electrons. The van der Waals surface area contributed by atoms with Gasteiger partial charge in [0.05, 0.1) is 17.8 Å². The lowest BCUT2D eigenvalue weighted by molar-refractivity contribution is -0.120. The summed E-state index contributed by atoms with van der Waals surface area (Å²) < 4.78 is 0. The molecule has 3 rings (SSSR count). The van der Waals surface area contributed by atoms with Gasteiger partial charge in [0.15, 0.2) is 0 Å². The number of nitrogens with one attached hydrogen (secondary N) is 2. The van der Waals surface area contributed by atoms with Crippen molar-refractivity contribution in [3.05, 3.63) is 51.9 Å². The highest BCUT2D eigenvalue weighted by molar-refractivity contribution is 5.93. The Labute approximate surface area is 140 Å². The summed E-state index contributed by atoms with van der Waals surface area (Å²) in [5.41, 5.74) is 3.59. The number of hydrogen-bond acceptors (Lipinski definition) is 4. The van der Waals surface area contributed by atoms with E-state index >= 15 is 0 Å². The van der Waals surface area contributed by atoms with Crippen LogP contribution in [0.25, 0.3) is 0 Å². The van der Waals surface area contributed by atoms with Crippen molar-refractivity contribution in [1.82, 2.24) is 10.2 Å². The normalized spacial score (nSPS) is 17.6. The quantitative estimate of drug-likeness (QED) is 0.907. The van der Waals surface area contributed by atoms with E-state index in [1.54, 1.807) is 6.20 Å². The maximum atomic E-state index is 12.7. The number of H-pyrrole nitrogens is 1. The minimum absolute atomic E-state index is 0.0335. The van der Waals surface area contributed by atoms with Crippen LogP contribution < -0.4 is 15.8 Å². The third-order valence-corrected chi connectivity index (χ3v) is 4.46. The first kappa shape index (κ1) is 16.2. The Hall–Kier alpha value is -2.63. The van der Waals surface area contributed by atoms with E-state index < -0.39 is 0 Å². The molecule has 6 nitrogen and oxygen atoms in total. The number of rotatable bonds is 3. The van der Waals surface area contributed by atoms with Crippen LogP contribution in [-0.4, -0.2) is 29.2 Å². The third kappa shape index (κ3) is 3.64. The highest BCUT2D eigenvalue weighted by Crippen LogP contribution is 2.24. The van der Waals surface area contributed by atoms with Gasteiger partial charge in [0.25, 0.3) is 5.56 Å². The zero-order valence-electron chi connectivity index (χ0n) is 14.0. The number of nitrogens with zero attached hydrogens (tertiary/aromatic N) is 2. The molecular weight excluding hydrogens is 304 g/mol. The van der Waals surface area contributed by atoms with Gasteiger partial charge < -0.3 is 10.2 Å². The van der Waals surface area contributed by atoms with Gasteiger partial charge in [-0.05, 0) is 43.9 Å². The predicted molar refractivity (Wildman–Crippen MR) is 94.3 cm³/mol. The first-order chi connectivity index (χ1) is 11.5. The maximum absolute atomic E-state index is 12.7. The number of anilines is 2. The van der Waals surface area contributed by atoms with E-state index in [-0.39, 0.29) is 17.4 Å². The molecule has 1 aliphatic rings. The number of aryl methyl sites for hydroxylation is 2. The van der Waals surface area contributed by atoms with E-state index in [0.29, 0.717) is 6.54 Å². The van der Waals surface area contributed by atoms with Crippen molar-refractivity contribution in [3.8, 4) is 0 Å². The molecule has 0 saturated carbocycles. The summed E-state index contributed by atoms with van der Waals surface area (Å²) in [6.07, 6.45) is 3.40. The number of benzene rings is 1. The number of hydrogen-bond donors (Lipinski definition) is 2. The second-order valence-corrected chi connectivity index (χ2v) is 6.40. The van der Waals surface area contributed by atoms with E-state index in [2.05, 4.69) is 20.4 Å². The van der Waals surface area contributed by atoms with Crippen LogP contribution in [0.4, 0.5) is 11.4 Å². The van der Waals surface area contributed by atoms with E-state index in [4.69, 9.17) is 0 Å². The van der Waals surface area contributed by atoms with Crippen LogP contribution in [0.5, 0.6) is 0 Å². The van der Waals surface area contributed by atoms with Crippen LogP contribution in [0.2, 0.25) is 0 Å². The van der Waals surface area contributed by atoms with Gasteiger partial charge in [-0.2, -0.15) is 5.10 Å². The van der Waals surface area contributed by atoms with Crippen molar-refractivity contribution in [3.63, 3.8) is 0 Å². The lowest BCUT2D eigenvalue weighted by atomic mass is 9.96. The Bertz CT molecular complexity index is 800. The number of carbonyl (C=O) groups excluding carboxylic acids is 1. The highest BCUT2D eigenvalue weighted by atomic mass is 16.2. The molecule has 0 unspecified atom stereocenters. The molecule has 1 fully saturated rings. The Morgan fingerprint density at radius 1 is 1.33 bits per heavy atom. The zero-order chi connectivity index (χ0) is 17.1. The summed E-state index contributed by atoms with van der Waals surface area (Å²) in [7, 11) is 0. The molecular formula is C18H22N4O2. The fraction of sp³-hybridized carbons (Fsp3) is 0.389. The molecule has 2 aromatic rings. The van der Waals surface area contributed by atoms with Crippen molar-refractivity contribution < 1.29 is 4.79 Å². The van der Waals surface area contributed by atoms with Gasteiger partial charge in [0.2, 0.25) is 5.91 Å². The summed E-state index contributed by atoms with van der Waals surface area (Å²) in [4.78, 5) is 26.1. The SMILES string of the molecule is Cc1ccc(C)c(NC(=O)[C@H]2CCCN(c3cn[nH]c(=O)c3)C2)c1. The molecule has 24 heavy (non-hydrogen) atoms. The minimum atomic E-state index is -0.227. The number of amides is 1.